The Morgan fingerprint density at radius 1 is 1.03 bits per heavy atom. The smallest absolute Gasteiger partial charge is 0.247 e. The van der Waals surface area contributed by atoms with Gasteiger partial charge in [-0.1, -0.05) is 29.8 Å². The molecule has 4 rings (SSSR count). The number of ether oxygens (including phenoxy) is 1. The van der Waals surface area contributed by atoms with Gasteiger partial charge in [0.15, 0.2) is 0 Å². The monoisotopic (exact) mass is 455 g/mol. The van der Waals surface area contributed by atoms with Crippen molar-refractivity contribution < 1.29 is 14.3 Å². The standard InChI is InChI=1S/C25H30ClN3O3/c1-18(30)29-15-6-5-11-23(29)25(31)27-19-12-13-24(22(26)16-19)32-21-10-7-14-28(17-21)20-8-3-2-4-9-20/h2-4,8-9,12-13,16,21,23H,5-7,10-11,14-15,17H2,1H3,(H,27,31)/t21-,23-/m1/s1. The van der Waals surface area contributed by atoms with E-state index in [4.69, 9.17) is 16.3 Å². The second-order valence-electron chi connectivity index (χ2n) is 8.52. The maximum Gasteiger partial charge on any atom is 0.247 e. The molecular weight excluding hydrogens is 426 g/mol. The maximum absolute atomic E-state index is 12.8. The number of carbonyl (C=O) groups excluding carboxylic acids is 2. The largest absolute Gasteiger partial charge is 0.487 e. The summed E-state index contributed by atoms with van der Waals surface area (Å²) in [6, 6.07) is 15.3. The third kappa shape index (κ3) is 5.36. The molecule has 0 unspecified atom stereocenters. The molecule has 2 aliphatic heterocycles. The quantitative estimate of drug-likeness (QED) is 0.708. The highest BCUT2D eigenvalue weighted by atomic mass is 35.5. The van der Waals surface area contributed by atoms with Gasteiger partial charge in [0.25, 0.3) is 0 Å². The highest BCUT2D eigenvalue weighted by Crippen LogP contribution is 2.31. The fourth-order valence-corrected chi connectivity index (χ4v) is 4.79. The number of carbonyl (C=O) groups is 2. The number of amides is 2. The van der Waals surface area contributed by atoms with E-state index in [1.807, 2.05) is 24.3 Å². The van der Waals surface area contributed by atoms with Crippen LogP contribution in [0.15, 0.2) is 48.5 Å². The molecular formula is C25H30ClN3O3. The SMILES string of the molecule is CC(=O)N1CCCC[C@@H]1C(=O)Nc1ccc(O[C@@H]2CCCN(c3ccccc3)C2)c(Cl)c1. The Morgan fingerprint density at radius 2 is 1.84 bits per heavy atom. The van der Waals surface area contributed by atoms with E-state index in [2.05, 4.69) is 22.3 Å². The highest BCUT2D eigenvalue weighted by Gasteiger charge is 2.30. The van der Waals surface area contributed by atoms with Crippen LogP contribution >= 0.6 is 11.6 Å². The number of rotatable bonds is 5. The molecule has 170 valence electrons. The molecule has 2 atom stereocenters. The molecule has 2 aromatic rings. The lowest BCUT2D eigenvalue weighted by Crippen LogP contribution is -2.49. The van der Waals surface area contributed by atoms with Gasteiger partial charge in [-0.15, -0.1) is 0 Å². The van der Waals surface area contributed by atoms with Crippen LogP contribution < -0.4 is 15.0 Å². The predicted octanol–water partition coefficient (Wildman–Crippen LogP) is 4.73. The van der Waals surface area contributed by atoms with Crippen molar-refractivity contribution in [1.29, 1.82) is 0 Å². The summed E-state index contributed by atoms with van der Waals surface area (Å²) in [4.78, 5) is 28.6. The van der Waals surface area contributed by atoms with Crippen molar-refractivity contribution in [3.63, 3.8) is 0 Å². The summed E-state index contributed by atoms with van der Waals surface area (Å²) in [5, 5.41) is 3.38. The van der Waals surface area contributed by atoms with Gasteiger partial charge < -0.3 is 19.9 Å². The van der Waals surface area contributed by atoms with Crippen LogP contribution in [0.1, 0.15) is 39.0 Å². The number of likely N-dealkylation sites (tertiary alicyclic amines) is 1. The van der Waals surface area contributed by atoms with Gasteiger partial charge in [0.2, 0.25) is 11.8 Å². The van der Waals surface area contributed by atoms with Crippen LogP contribution in [-0.4, -0.2) is 48.5 Å². The number of hydrogen-bond donors (Lipinski definition) is 1. The Balaban J connectivity index is 1.38. The molecule has 0 aromatic heterocycles. The molecule has 0 bridgehead atoms. The van der Waals surface area contributed by atoms with Crippen LogP contribution in [0.2, 0.25) is 5.02 Å². The third-order valence-electron chi connectivity index (χ3n) is 6.20. The molecule has 2 heterocycles. The van der Waals surface area contributed by atoms with E-state index < -0.39 is 6.04 Å². The van der Waals surface area contributed by atoms with Crippen LogP contribution in [0.4, 0.5) is 11.4 Å². The minimum atomic E-state index is -0.429. The number of halogens is 1. The van der Waals surface area contributed by atoms with E-state index in [0.29, 0.717) is 29.4 Å². The lowest BCUT2D eigenvalue weighted by Gasteiger charge is -2.34. The summed E-state index contributed by atoms with van der Waals surface area (Å²) in [6.07, 6.45) is 4.63. The molecule has 0 radical (unpaired) electrons. The number of para-hydroxylation sites is 1. The molecule has 0 spiro atoms. The Bertz CT molecular complexity index is 953. The van der Waals surface area contributed by atoms with Gasteiger partial charge in [-0.3, -0.25) is 9.59 Å². The first kappa shape index (κ1) is 22.5. The zero-order valence-corrected chi connectivity index (χ0v) is 19.2. The van der Waals surface area contributed by atoms with E-state index in [0.717, 1.165) is 38.8 Å². The van der Waals surface area contributed by atoms with Crippen molar-refractivity contribution in [1.82, 2.24) is 4.90 Å². The minimum Gasteiger partial charge on any atom is -0.487 e. The molecule has 2 aliphatic rings. The minimum absolute atomic E-state index is 0.0493. The van der Waals surface area contributed by atoms with Gasteiger partial charge in [-0.2, -0.15) is 0 Å². The van der Waals surface area contributed by atoms with Crippen LogP contribution in [0.25, 0.3) is 0 Å². The summed E-state index contributed by atoms with van der Waals surface area (Å²) < 4.78 is 6.22. The fraction of sp³-hybridized carbons (Fsp3) is 0.440. The average Bonchev–Trinajstić information content (AvgIpc) is 2.81. The topological polar surface area (TPSA) is 61.9 Å². The number of nitrogens with one attached hydrogen (secondary N) is 1. The number of nitrogens with zero attached hydrogens (tertiary/aromatic N) is 2. The van der Waals surface area contributed by atoms with Gasteiger partial charge in [-0.05, 0) is 62.4 Å². The zero-order valence-electron chi connectivity index (χ0n) is 18.4. The van der Waals surface area contributed by atoms with Gasteiger partial charge in [0.1, 0.15) is 17.9 Å². The molecule has 2 saturated heterocycles. The Labute approximate surface area is 194 Å². The van der Waals surface area contributed by atoms with Crippen molar-refractivity contribution in [2.45, 2.75) is 51.2 Å². The molecule has 2 aromatic carbocycles. The molecule has 7 heteroatoms. The molecule has 32 heavy (non-hydrogen) atoms. The first-order chi connectivity index (χ1) is 15.5. The summed E-state index contributed by atoms with van der Waals surface area (Å²) in [6.45, 7) is 3.96. The Hall–Kier alpha value is -2.73. The molecule has 1 N–H and O–H groups in total. The summed E-state index contributed by atoms with van der Waals surface area (Å²) >= 11 is 6.50. The molecule has 0 saturated carbocycles. The fourth-order valence-electron chi connectivity index (χ4n) is 4.57. The first-order valence-corrected chi connectivity index (χ1v) is 11.7. The van der Waals surface area contributed by atoms with Crippen molar-refractivity contribution in [2.75, 3.05) is 29.9 Å². The van der Waals surface area contributed by atoms with Crippen molar-refractivity contribution in [3.05, 3.63) is 53.6 Å². The van der Waals surface area contributed by atoms with E-state index in [1.165, 1.54) is 12.6 Å². The van der Waals surface area contributed by atoms with Crippen molar-refractivity contribution in [3.8, 4) is 5.75 Å². The number of anilines is 2. The molecule has 0 aliphatic carbocycles. The Morgan fingerprint density at radius 3 is 2.59 bits per heavy atom. The predicted molar refractivity (Wildman–Crippen MR) is 127 cm³/mol. The maximum atomic E-state index is 12.8. The second kappa shape index (κ2) is 10.3. The Kier molecular flexibility index (Phi) is 7.20. The van der Waals surface area contributed by atoms with Crippen molar-refractivity contribution >= 4 is 34.8 Å². The number of piperidine rings is 2. The van der Waals surface area contributed by atoms with Gasteiger partial charge in [-0.25, -0.2) is 0 Å². The van der Waals surface area contributed by atoms with Gasteiger partial charge in [0.05, 0.1) is 11.6 Å². The van der Waals surface area contributed by atoms with Crippen LogP contribution in [0, 0.1) is 0 Å². The molecule has 2 fully saturated rings. The normalized spacial score (nSPS) is 21.2. The summed E-state index contributed by atoms with van der Waals surface area (Å²) in [5.41, 5.74) is 1.81. The van der Waals surface area contributed by atoms with E-state index >= 15 is 0 Å². The lowest BCUT2D eigenvalue weighted by atomic mass is 10.0. The first-order valence-electron chi connectivity index (χ1n) is 11.4. The second-order valence-corrected chi connectivity index (χ2v) is 8.93. The molecule has 2 amide bonds. The van der Waals surface area contributed by atoms with E-state index in [-0.39, 0.29) is 17.9 Å². The molecule has 6 nitrogen and oxygen atoms in total. The van der Waals surface area contributed by atoms with E-state index in [9.17, 15) is 9.59 Å². The zero-order chi connectivity index (χ0) is 22.5. The number of benzene rings is 2. The van der Waals surface area contributed by atoms with Crippen LogP contribution in [-0.2, 0) is 9.59 Å². The lowest BCUT2D eigenvalue weighted by molar-refractivity contribution is -0.138. The van der Waals surface area contributed by atoms with Gasteiger partial charge in [0, 0.05) is 31.4 Å². The van der Waals surface area contributed by atoms with Crippen LogP contribution in [0.5, 0.6) is 5.75 Å². The summed E-state index contributed by atoms with van der Waals surface area (Å²) in [5.74, 6) is 0.381. The van der Waals surface area contributed by atoms with Crippen LogP contribution in [0.3, 0.4) is 0 Å². The average molecular weight is 456 g/mol. The van der Waals surface area contributed by atoms with Crippen molar-refractivity contribution in [2.24, 2.45) is 0 Å². The van der Waals surface area contributed by atoms with Gasteiger partial charge >= 0.3 is 0 Å². The number of hydrogen-bond acceptors (Lipinski definition) is 4. The summed E-state index contributed by atoms with van der Waals surface area (Å²) in [7, 11) is 0. The van der Waals surface area contributed by atoms with E-state index in [1.54, 1.807) is 17.0 Å². The third-order valence-corrected chi connectivity index (χ3v) is 6.50. The highest BCUT2D eigenvalue weighted by molar-refractivity contribution is 6.32.